The zero-order valence-corrected chi connectivity index (χ0v) is 24.4. The van der Waals surface area contributed by atoms with Crippen LogP contribution in [0.15, 0.2) is 41.3 Å². The van der Waals surface area contributed by atoms with Gasteiger partial charge in [-0.1, -0.05) is 30.3 Å². The quantitative estimate of drug-likeness (QED) is 0.459. The van der Waals surface area contributed by atoms with Crippen LogP contribution in [0.1, 0.15) is 50.8 Å². The highest BCUT2D eigenvalue weighted by Gasteiger charge is 2.34. The molecule has 0 aromatic heterocycles. The zero-order chi connectivity index (χ0) is 28.1. The molecular weight excluding hydrogens is 506 g/mol. The summed E-state index contributed by atoms with van der Waals surface area (Å²) in [5, 5.41) is 0. The number of benzene rings is 2. The molecule has 1 amide bonds. The molecule has 0 saturated carbocycles. The third-order valence-corrected chi connectivity index (χ3v) is 8.45. The largest absolute Gasteiger partial charge is 0.493 e. The van der Waals surface area contributed by atoms with Gasteiger partial charge >= 0.3 is 0 Å². The molecule has 38 heavy (non-hydrogen) atoms. The lowest BCUT2D eigenvalue weighted by molar-refractivity contribution is -0.131. The summed E-state index contributed by atoms with van der Waals surface area (Å²) in [6, 6.07) is 11.3. The smallest absolute Gasteiger partial charge is 0.245 e. The topological polar surface area (TPSA) is 97.4 Å². The summed E-state index contributed by atoms with van der Waals surface area (Å²) in [6.07, 6.45) is 2.12. The van der Waals surface area contributed by atoms with Gasteiger partial charge in [-0.2, -0.15) is 0 Å². The summed E-state index contributed by atoms with van der Waals surface area (Å²) < 4.78 is 46.4. The van der Waals surface area contributed by atoms with E-state index in [2.05, 4.69) is 9.62 Å². The molecule has 2 aromatic carbocycles. The van der Waals surface area contributed by atoms with Crippen LogP contribution in [0.4, 0.5) is 0 Å². The number of likely N-dealkylation sites (tertiary alicyclic amines) is 1. The SMILES string of the molecule is COc1cc(CC(=O)N(C)[C@H](CN2CCCC2)c2ccccc2)c(S(=O)(=O)NC(C)(C)C)c(OC)c1OC. The number of ether oxygens (including phenoxy) is 3. The van der Waals surface area contributed by atoms with E-state index < -0.39 is 15.6 Å². The Morgan fingerprint density at radius 3 is 2.16 bits per heavy atom. The van der Waals surface area contributed by atoms with Crippen LogP contribution in [0.2, 0.25) is 0 Å². The number of nitrogens with one attached hydrogen (secondary N) is 1. The van der Waals surface area contributed by atoms with Gasteiger partial charge in [0.15, 0.2) is 11.5 Å². The molecule has 0 aliphatic carbocycles. The lowest BCUT2D eigenvalue weighted by Crippen LogP contribution is -2.41. The molecule has 0 radical (unpaired) electrons. The predicted octanol–water partition coefficient (Wildman–Crippen LogP) is 3.63. The number of likely N-dealkylation sites (N-methyl/N-ethyl adjacent to an activating group) is 1. The molecule has 3 rings (SSSR count). The third kappa shape index (κ3) is 6.98. The standard InChI is InChI=1S/C28H41N3O6S/c1-28(2,3)29-38(33,34)27-21(17-23(35-5)25(36-6)26(27)37-7)18-24(32)30(4)22(19-31-15-11-12-16-31)20-13-9-8-10-14-20/h8-10,13-14,17,22,29H,11-12,15-16,18-19H2,1-7H3/t22-/m1/s1. The predicted molar refractivity (Wildman–Crippen MR) is 148 cm³/mol. The summed E-state index contributed by atoms with van der Waals surface area (Å²) in [7, 11) is 1.91. The van der Waals surface area contributed by atoms with Crippen molar-refractivity contribution in [1.29, 1.82) is 0 Å². The summed E-state index contributed by atoms with van der Waals surface area (Å²) in [6.45, 7) is 7.95. The van der Waals surface area contributed by atoms with Crippen molar-refractivity contribution in [3.63, 3.8) is 0 Å². The van der Waals surface area contributed by atoms with E-state index in [0.29, 0.717) is 6.54 Å². The number of hydrogen-bond donors (Lipinski definition) is 1. The highest BCUT2D eigenvalue weighted by molar-refractivity contribution is 7.89. The number of nitrogens with zero attached hydrogens (tertiary/aromatic N) is 2. The first-order valence-corrected chi connectivity index (χ1v) is 14.3. The fraction of sp³-hybridized carbons (Fsp3) is 0.536. The molecule has 1 heterocycles. The first-order chi connectivity index (χ1) is 17.9. The summed E-state index contributed by atoms with van der Waals surface area (Å²) >= 11 is 0. The van der Waals surface area contributed by atoms with Gasteiger partial charge in [-0.15, -0.1) is 0 Å². The average molecular weight is 548 g/mol. The van der Waals surface area contributed by atoms with Crippen LogP contribution in [0.3, 0.4) is 0 Å². The van der Waals surface area contributed by atoms with Crippen molar-refractivity contribution in [2.24, 2.45) is 0 Å². The summed E-state index contributed by atoms with van der Waals surface area (Å²) in [5.74, 6) is 0.191. The molecule has 0 bridgehead atoms. The normalized spacial score (nSPS) is 15.2. The van der Waals surface area contributed by atoms with Crippen LogP contribution in [-0.4, -0.2) is 77.7 Å². The second kappa shape index (κ2) is 12.4. The highest BCUT2D eigenvalue weighted by Crippen LogP contribution is 2.44. The highest BCUT2D eigenvalue weighted by atomic mass is 32.2. The second-order valence-electron chi connectivity index (χ2n) is 10.6. The molecule has 210 valence electrons. The van der Waals surface area contributed by atoms with Gasteiger partial charge in [0.05, 0.1) is 33.8 Å². The number of sulfonamides is 1. The Morgan fingerprint density at radius 1 is 1.03 bits per heavy atom. The van der Waals surface area contributed by atoms with Crippen LogP contribution in [0.25, 0.3) is 0 Å². The lowest BCUT2D eigenvalue weighted by Gasteiger charge is -2.32. The van der Waals surface area contributed by atoms with E-state index in [1.54, 1.807) is 38.8 Å². The Kier molecular flexibility index (Phi) is 9.67. The number of carbonyl (C=O) groups is 1. The van der Waals surface area contributed by atoms with Gasteiger partial charge in [-0.25, -0.2) is 13.1 Å². The zero-order valence-electron chi connectivity index (χ0n) is 23.5. The van der Waals surface area contributed by atoms with Gasteiger partial charge in [0, 0.05) is 19.1 Å². The van der Waals surface area contributed by atoms with Crippen molar-refractivity contribution in [3.05, 3.63) is 47.5 Å². The molecule has 1 fully saturated rings. The van der Waals surface area contributed by atoms with E-state index in [1.165, 1.54) is 21.3 Å². The minimum atomic E-state index is -4.10. The van der Waals surface area contributed by atoms with Gasteiger partial charge < -0.3 is 24.0 Å². The number of hydrogen-bond acceptors (Lipinski definition) is 7. The maximum absolute atomic E-state index is 13.8. The van der Waals surface area contributed by atoms with E-state index >= 15 is 0 Å². The van der Waals surface area contributed by atoms with Crippen molar-refractivity contribution in [2.45, 2.75) is 56.5 Å². The molecule has 9 nitrogen and oxygen atoms in total. The Morgan fingerprint density at radius 2 is 1.63 bits per heavy atom. The number of carbonyl (C=O) groups excluding carboxylic acids is 1. The molecule has 1 aliphatic rings. The van der Waals surface area contributed by atoms with Gasteiger partial charge in [0.2, 0.25) is 21.7 Å². The Balaban J connectivity index is 2.06. The fourth-order valence-electron chi connectivity index (χ4n) is 4.86. The van der Waals surface area contributed by atoms with Gasteiger partial charge in [-0.05, 0) is 63.9 Å². The van der Waals surface area contributed by atoms with Crippen LogP contribution in [0, 0.1) is 0 Å². The van der Waals surface area contributed by atoms with Crippen LogP contribution < -0.4 is 18.9 Å². The molecule has 0 unspecified atom stereocenters. The van der Waals surface area contributed by atoms with Crippen molar-refractivity contribution in [1.82, 2.24) is 14.5 Å². The average Bonchev–Trinajstić information content (AvgIpc) is 3.38. The first kappa shape index (κ1) is 29.7. The Hall–Kier alpha value is -2.82. The lowest BCUT2D eigenvalue weighted by atomic mass is 10.0. The van der Waals surface area contributed by atoms with E-state index in [9.17, 15) is 13.2 Å². The third-order valence-electron chi connectivity index (χ3n) is 6.59. The first-order valence-electron chi connectivity index (χ1n) is 12.8. The Labute approximate surface area is 227 Å². The summed E-state index contributed by atoms with van der Waals surface area (Å²) in [5.41, 5.74) is 0.534. The number of amides is 1. The molecular formula is C28H41N3O6S. The Bertz CT molecular complexity index is 1210. The summed E-state index contributed by atoms with van der Waals surface area (Å²) in [4.78, 5) is 17.7. The minimum absolute atomic E-state index is 0.00858. The molecule has 1 saturated heterocycles. The minimum Gasteiger partial charge on any atom is -0.493 e. The number of rotatable bonds is 11. The van der Waals surface area contributed by atoms with E-state index in [0.717, 1.165) is 31.5 Å². The molecule has 2 aromatic rings. The van der Waals surface area contributed by atoms with E-state index in [-0.39, 0.29) is 46.1 Å². The van der Waals surface area contributed by atoms with Crippen LogP contribution in [-0.2, 0) is 21.2 Å². The maximum Gasteiger partial charge on any atom is 0.245 e. The van der Waals surface area contributed by atoms with Crippen molar-refractivity contribution in [3.8, 4) is 17.2 Å². The molecule has 0 spiro atoms. The number of methoxy groups -OCH3 is 3. The van der Waals surface area contributed by atoms with Crippen molar-refractivity contribution < 1.29 is 27.4 Å². The second-order valence-corrected chi connectivity index (χ2v) is 12.2. The van der Waals surface area contributed by atoms with Crippen molar-refractivity contribution >= 4 is 15.9 Å². The van der Waals surface area contributed by atoms with Crippen LogP contribution in [0.5, 0.6) is 17.2 Å². The molecule has 1 N–H and O–H groups in total. The monoisotopic (exact) mass is 547 g/mol. The molecule has 1 atom stereocenters. The van der Waals surface area contributed by atoms with Crippen molar-refractivity contribution in [2.75, 3.05) is 48.0 Å². The molecule has 10 heteroatoms. The molecule has 1 aliphatic heterocycles. The van der Waals surface area contributed by atoms with Crippen LogP contribution >= 0.6 is 0 Å². The fourth-order valence-corrected chi connectivity index (χ4v) is 6.66. The van der Waals surface area contributed by atoms with Gasteiger partial charge in [0.1, 0.15) is 4.90 Å². The van der Waals surface area contributed by atoms with Gasteiger partial charge in [0.25, 0.3) is 0 Å². The maximum atomic E-state index is 13.8. The van der Waals surface area contributed by atoms with Gasteiger partial charge in [-0.3, -0.25) is 4.79 Å². The van der Waals surface area contributed by atoms with E-state index in [4.69, 9.17) is 14.2 Å². The van der Waals surface area contributed by atoms with E-state index in [1.807, 2.05) is 30.3 Å².